The predicted octanol–water partition coefficient (Wildman–Crippen LogP) is 10.9. The molecule has 0 bridgehead atoms. The monoisotopic (exact) mass is 688 g/mol. The van der Waals surface area contributed by atoms with E-state index >= 15 is 0 Å². The molecule has 0 fully saturated rings. The Bertz CT molecular complexity index is 1450. The molecule has 1 atom stereocenters. The standard InChI is InChI=1S/C38H50BIN2O/c1-9-11-21-39(22-12-10-2)42-33(35(32-14-13-23-41-32)27-15-17-31(40)18-16-27)19-20-34(42)36(43)28-24-29(37(3,4)5)26-30(25-28)38(6,7)8/h13-20,23-26,35,41H,9-12,21-22H2,1-8H3. The van der Waals surface area contributed by atoms with Crippen molar-refractivity contribution in [2.75, 3.05) is 0 Å². The van der Waals surface area contributed by atoms with Crippen molar-refractivity contribution in [3.63, 3.8) is 0 Å². The summed E-state index contributed by atoms with van der Waals surface area (Å²) in [4.78, 5) is 18.3. The number of benzene rings is 2. The van der Waals surface area contributed by atoms with Gasteiger partial charge in [0.2, 0.25) is 5.78 Å². The molecule has 3 nitrogen and oxygen atoms in total. The number of aromatic nitrogens is 2. The van der Waals surface area contributed by atoms with Crippen LogP contribution in [0.4, 0.5) is 0 Å². The Labute approximate surface area is 274 Å². The van der Waals surface area contributed by atoms with E-state index in [1.54, 1.807) is 0 Å². The first-order valence-electron chi connectivity index (χ1n) is 16.2. The molecule has 1 unspecified atom stereocenters. The maximum Gasteiger partial charge on any atom is 0.260 e. The predicted molar refractivity (Wildman–Crippen MR) is 193 cm³/mol. The summed E-state index contributed by atoms with van der Waals surface area (Å²) in [6.07, 6.45) is 8.71. The van der Waals surface area contributed by atoms with Gasteiger partial charge in [-0.2, -0.15) is 0 Å². The van der Waals surface area contributed by atoms with Crippen molar-refractivity contribution in [1.29, 1.82) is 0 Å². The van der Waals surface area contributed by atoms with Gasteiger partial charge in [-0.25, -0.2) is 0 Å². The number of hydrogen-bond donors (Lipinski definition) is 1. The number of unbranched alkanes of at least 4 members (excludes halogenated alkanes) is 2. The number of aromatic amines is 1. The second-order valence-corrected chi connectivity index (χ2v) is 15.4. The largest absolute Gasteiger partial charge is 0.386 e. The second-order valence-electron chi connectivity index (χ2n) is 14.2. The van der Waals surface area contributed by atoms with Crippen molar-refractivity contribution in [3.05, 3.63) is 116 Å². The maximum atomic E-state index is 14.8. The second kappa shape index (κ2) is 14.1. The fraction of sp³-hybridized carbons (Fsp3) is 0.447. The average Bonchev–Trinajstić information content (AvgIpc) is 3.64. The number of carbonyl (C=O) groups excluding carboxylic acids is 1. The lowest BCUT2D eigenvalue weighted by atomic mass is 9.53. The number of hydrogen-bond acceptors (Lipinski definition) is 1. The minimum atomic E-state index is -0.0578. The van der Waals surface area contributed by atoms with Gasteiger partial charge in [0, 0.05) is 26.7 Å². The molecule has 0 aliphatic rings. The molecule has 0 radical (unpaired) electrons. The van der Waals surface area contributed by atoms with E-state index in [9.17, 15) is 4.79 Å². The van der Waals surface area contributed by atoms with E-state index in [1.807, 2.05) is 6.20 Å². The highest BCUT2D eigenvalue weighted by Crippen LogP contribution is 2.36. The van der Waals surface area contributed by atoms with E-state index in [1.165, 1.54) is 26.0 Å². The molecule has 43 heavy (non-hydrogen) atoms. The lowest BCUT2D eigenvalue weighted by Gasteiger charge is -2.27. The Kier molecular flexibility index (Phi) is 10.9. The zero-order valence-corrected chi connectivity index (χ0v) is 29.7. The molecule has 4 rings (SSSR count). The van der Waals surface area contributed by atoms with Crippen LogP contribution < -0.4 is 0 Å². The van der Waals surface area contributed by atoms with Gasteiger partial charge in [0.25, 0.3) is 6.85 Å². The fourth-order valence-electron chi connectivity index (χ4n) is 6.04. The molecule has 0 saturated carbocycles. The van der Waals surface area contributed by atoms with Crippen molar-refractivity contribution in [2.45, 2.75) is 110 Å². The quantitative estimate of drug-likeness (QED) is 0.0898. The van der Waals surface area contributed by atoms with E-state index in [2.05, 4.69) is 154 Å². The average molecular weight is 689 g/mol. The van der Waals surface area contributed by atoms with Gasteiger partial charge in [0.15, 0.2) is 0 Å². The van der Waals surface area contributed by atoms with Crippen LogP contribution in [-0.4, -0.2) is 22.1 Å². The molecule has 0 aliphatic carbocycles. The number of nitrogens with one attached hydrogen (secondary N) is 1. The van der Waals surface area contributed by atoms with Crippen LogP contribution in [0.1, 0.15) is 131 Å². The fourth-order valence-corrected chi connectivity index (χ4v) is 6.39. The normalized spacial score (nSPS) is 12.9. The third-order valence-corrected chi connectivity index (χ3v) is 9.41. The van der Waals surface area contributed by atoms with Crippen LogP contribution in [0.15, 0.2) is 72.9 Å². The summed E-state index contributed by atoms with van der Waals surface area (Å²) in [6.45, 7) is 18.2. The number of nitrogens with zero attached hydrogens (tertiary/aromatic N) is 1. The van der Waals surface area contributed by atoms with E-state index in [-0.39, 0.29) is 29.4 Å². The molecule has 0 saturated heterocycles. The number of carbonyl (C=O) groups is 1. The van der Waals surface area contributed by atoms with E-state index in [0.29, 0.717) is 0 Å². The highest BCUT2D eigenvalue weighted by molar-refractivity contribution is 14.1. The Hall–Kier alpha value is -2.54. The topological polar surface area (TPSA) is 37.8 Å². The van der Waals surface area contributed by atoms with Crippen molar-refractivity contribution >= 4 is 35.2 Å². The van der Waals surface area contributed by atoms with Crippen LogP contribution >= 0.6 is 22.6 Å². The summed E-state index contributed by atoms with van der Waals surface area (Å²) in [6, 6.07) is 24.0. The highest BCUT2D eigenvalue weighted by Gasteiger charge is 2.31. The lowest BCUT2D eigenvalue weighted by Crippen LogP contribution is -2.31. The number of H-pyrrole nitrogens is 1. The molecule has 4 aromatic rings. The molecular weight excluding hydrogens is 638 g/mol. The van der Waals surface area contributed by atoms with Gasteiger partial charge >= 0.3 is 0 Å². The van der Waals surface area contributed by atoms with Gasteiger partial charge in [-0.05, 0) is 98.6 Å². The van der Waals surface area contributed by atoms with Crippen molar-refractivity contribution in [1.82, 2.24) is 9.46 Å². The SMILES string of the molecule is CCCCB(CCCC)n1c(C(=O)c2cc(C(C)(C)C)cc(C(C)(C)C)c2)ccc1C(c1ccc(I)cc1)c1ccc[nH]1. The molecule has 2 aromatic carbocycles. The van der Waals surface area contributed by atoms with Crippen LogP contribution in [0, 0.1) is 3.57 Å². The van der Waals surface area contributed by atoms with Crippen molar-refractivity contribution in [3.8, 4) is 0 Å². The first-order chi connectivity index (χ1) is 20.3. The summed E-state index contributed by atoms with van der Waals surface area (Å²) in [5.74, 6) is 0.124. The molecule has 0 amide bonds. The summed E-state index contributed by atoms with van der Waals surface area (Å²) >= 11 is 2.37. The minimum absolute atomic E-state index is 0.00495. The van der Waals surface area contributed by atoms with E-state index in [4.69, 9.17) is 0 Å². The van der Waals surface area contributed by atoms with E-state index < -0.39 is 0 Å². The molecule has 5 heteroatoms. The van der Waals surface area contributed by atoms with E-state index in [0.717, 1.165) is 55.3 Å². The minimum Gasteiger partial charge on any atom is -0.386 e. The summed E-state index contributed by atoms with van der Waals surface area (Å²) in [5.41, 5.74) is 7.46. The molecule has 2 heterocycles. The number of halogens is 1. The first-order valence-corrected chi connectivity index (χ1v) is 17.2. The molecule has 0 spiro atoms. The van der Waals surface area contributed by atoms with Crippen LogP contribution in [0.25, 0.3) is 0 Å². The highest BCUT2D eigenvalue weighted by atomic mass is 127. The summed E-state index contributed by atoms with van der Waals surface area (Å²) in [5, 5.41) is 0. The van der Waals surface area contributed by atoms with Gasteiger partial charge in [-0.15, -0.1) is 0 Å². The Morgan fingerprint density at radius 3 is 1.91 bits per heavy atom. The maximum absolute atomic E-state index is 14.8. The third-order valence-electron chi connectivity index (χ3n) is 8.69. The molecule has 2 aromatic heterocycles. The van der Waals surface area contributed by atoms with Crippen LogP contribution in [0.5, 0.6) is 0 Å². The Morgan fingerprint density at radius 2 is 1.42 bits per heavy atom. The number of ketones is 1. The van der Waals surface area contributed by atoms with Crippen LogP contribution in [0.3, 0.4) is 0 Å². The van der Waals surface area contributed by atoms with Gasteiger partial charge in [0.05, 0.1) is 11.6 Å². The Morgan fingerprint density at radius 1 is 0.837 bits per heavy atom. The van der Waals surface area contributed by atoms with Crippen LogP contribution in [0.2, 0.25) is 12.6 Å². The first kappa shape index (κ1) is 33.4. The molecule has 1 N–H and O–H groups in total. The van der Waals surface area contributed by atoms with Gasteiger partial charge in [-0.1, -0.05) is 112 Å². The van der Waals surface area contributed by atoms with Gasteiger partial charge < -0.3 is 9.46 Å². The molecule has 228 valence electrons. The zero-order valence-electron chi connectivity index (χ0n) is 27.6. The number of rotatable bonds is 12. The Balaban J connectivity index is 1.96. The van der Waals surface area contributed by atoms with Gasteiger partial charge in [-0.3, -0.25) is 4.79 Å². The summed E-state index contributed by atoms with van der Waals surface area (Å²) in [7, 11) is 0. The van der Waals surface area contributed by atoms with Crippen molar-refractivity contribution < 1.29 is 4.79 Å². The lowest BCUT2D eigenvalue weighted by molar-refractivity contribution is 0.103. The van der Waals surface area contributed by atoms with Crippen molar-refractivity contribution in [2.24, 2.45) is 0 Å². The molecular formula is C38H50BIN2O. The molecule has 0 aliphatic heterocycles. The smallest absolute Gasteiger partial charge is 0.260 e. The summed E-state index contributed by atoms with van der Waals surface area (Å²) < 4.78 is 3.66. The van der Waals surface area contributed by atoms with Gasteiger partial charge in [0.1, 0.15) is 0 Å². The zero-order chi connectivity index (χ0) is 31.4. The third kappa shape index (κ3) is 7.95. The van der Waals surface area contributed by atoms with Crippen LogP contribution in [-0.2, 0) is 10.8 Å².